The summed E-state index contributed by atoms with van der Waals surface area (Å²) in [7, 11) is 0. The van der Waals surface area contributed by atoms with Crippen molar-refractivity contribution in [2.75, 3.05) is 13.2 Å². The van der Waals surface area contributed by atoms with Crippen LogP contribution in [0.3, 0.4) is 0 Å². The maximum Gasteiger partial charge on any atom is 0.295 e. The zero-order chi connectivity index (χ0) is 22.5. The topological polar surface area (TPSA) is 66.8 Å². The van der Waals surface area contributed by atoms with Crippen LogP contribution in [0.15, 0.2) is 90.5 Å². The summed E-state index contributed by atoms with van der Waals surface area (Å²) in [6.45, 7) is 2.75. The average Bonchev–Trinajstić information content (AvgIpc) is 3.09. The molecule has 0 aromatic heterocycles. The monoisotopic (exact) mass is 427 g/mol. The molecule has 32 heavy (non-hydrogen) atoms. The minimum Gasteiger partial charge on any atom is -0.507 e. The number of aliphatic hydroxyl groups excluding tert-OH is 1. The molecule has 1 saturated heterocycles. The molecule has 0 radical (unpaired) electrons. The number of aliphatic hydroxyl groups is 1. The summed E-state index contributed by atoms with van der Waals surface area (Å²) < 4.78 is 5.64. The molecule has 1 N–H and O–H groups in total. The summed E-state index contributed by atoms with van der Waals surface area (Å²) >= 11 is 0. The van der Waals surface area contributed by atoms with Crippen molar-refractivity contribution in [1.29, 1.82) is 0 Å². The van der Waals surface area contributed by atoms with Gasteiger partial charge in [0.1, 0.15) is 11.5 Å². The van der Waals surface area contributed by atoms with Crippen LogP contribution in [-0.2, 0) is 16.0 Å². The van der Waals surface area contributed by atoms with Crippen LogP contribution in [0.5, 0.6) is 5.75 Å². The highest BCUT2D eigenvalue weighted by atomic mass is 16.5. The van der Waals surface area contributed by atoms with Crippen molar-refractivity contribution in [3.63, 3.8) is 0 Å². The summed E-state index contributed by atoms with van der Waals surface area (Å²) in [6.07, 6.45) is 0.598. The number of carbonyl (C=O) groups excluding carboxylic acids is 2. The van der Waals surface area contributed by atoms with Gasteiger partial charge in [0.25, 0.3) is 11.7 Å². The molecule has 4 rings (SSSR count). The Morgan fingerprint density at radius 1 is 0.938 bits per heavy atom. The third kappa shape index (κ3) is 4.28. The maximum atomic E-state index is 13.1. The number of likely N-dealkylation sites (tertiary alicyclic amines) is 1. The average molecular weight is 428 g/mol. The third-order valence-corrected chi connectivity index (χ3v) is 5.56. The molecule has 0 spiro atoms. The van der Waals surface area contributed by atoms with Crippen molar-refractivity contribution in [3.8, 4) is 5.75 Å². The fourth-order valence-corrected chi connectivity index (χ4v) is 4.04. The van der Waals surface area contributed by atoms with E-state index in [1.807, 2.05) is 67.6 Å². The van der Waals surface area contributed by atoms with Gasteiger partial charge in [0.2, 0.25) is 0 Å². The van der Waals surface area contributed by atoms with E-state index < -0.39 is 17.7 Å². The Labute approximate surface area is 187 Å². The van der Waals surface area contributed by atoms with E-state index in [0.29, 0.717) is 30.9 Å². The smallest absolute Gasteiger partial charge is 0.295 e. The van der Waals surface area contributed by atoms with Crippen LogP contribution in [0.4, 0.5) is 0 Å². The molecule has 162 valence electrons. The second-order valence-corrected chi connectivity index (χ2v) is 7.60. The summed E-state index contributed by atoms with van der Waals surface area (Å²) in [4.78, 5) is 27.7. The number of hydrogen-bond donors (Lipinski definition) is 1. The molecule has 1 heterocycles. The number of hydrogen-bond acceptors (Lipinski definition) is 4. The Kier molecular flexibility index (Phi) is 6.36. The predicted molar refractivity (Wildman–Crippen MR) is 123 cm³/mol. The minimum atomic E-state index is -0.695. The highest BCUT2D eigenvalue weighted by molar-refractivity contribution is 6.46. The predicted octanol–water partition coefficient (Wildman–Crippen LogP) is 4.75. The van der Waals surface area contributed by atoms with E-state index in [-0.39, 0.29) is 11.3 Å². The van der Waals surface area contributed by atoms with E-state index in [4.69, 9.17) is 4.74 Å². The number of amides is 1. The normalized spacial score (nSPS) is 17.5. The molecular formula is C27H25NO4. The van der Waals surface area contributed by atoms with Crippen LogP contribution < -0.4 is 4.74 Å². The number of benzene rings is 3. The van der Waals surface area contributed by atoms with Crippen LogP contribution in [0.2, 0.25) is 0 Å². The van der Waals surface area contributed by atoms with Crippen LogP contribution in [0.1, 0.15) is 29.7 Å². The van der Waals surface area contributed by atoms with Crippen LogP contribution >= 0.6 is 0 Å². The molecule has 0 bridgehead atoms. The van der Waals surface area contributed by atoms with Gasteiger partial charge in [-0.2, -0.15) is 0 Å². The van der Waals surface area contributed by atoms with Gasteiger partial charge >= 0.3 is 0 Å². The molecular weight excluding hydrogens is 402 g/mol. The molecule has 5 heteroatoms. The van der Waals surface area contributed by atoms with Crippen molar-refractivity contribution in [2.24, 2.45) is 0 Å². The van der Waals surface area contributed by atoms with Crippen molar-refractivity contribution in [1.82, 2.24) is 4.90 Å². The molecule has 1 amide bonds. The Morgan fingerprint density at radius 3 is 2.31 bits per heavy atom. The van der Waals surface area contributed by atoms with Crippen LogP contribution in [0, 0.1) is 0 Å². The lowest BCUT2D eigenvalue weighted by molar-refractivity contribution is -0.139. The van der Waals surface area contributed by atoms with Crippen molar-refractivity contribution in [2.45, 2.75) is 19.4 Å². The summed E-state index contributed by atoms with van der Waals surface area (Å²) in [5.41, 5.74) is 2.39. The molecule has 1 aliphatic rings. The van der Waals surface area contributed by atoms with E-state index in [9.17, 15) is 14.7 Å². The summed E-state index contributed by atoms with van der Waals surface area (Å²) in [5, 5.41) is 11.1. The molecule has 3 aromatic carbocycles. The van der Waals surface area contributed by atoms with E-state index in [2.05, 4.69) is 0 Å². The highest BCUT2D eigenvalue weighted by Crippen LogP contribution is 2.40. The summed E-state index contributed by atoms with van der Waals surface area (Å²) in [6, 6.07) is 25.3. The van der Waals surface area contributed by atoms with Gasteiger partial charge in [0.05, 0.1) is 18.2 Å². The lowest BCUT2D eigenvalue weighted by atomic mass is 9.95. The van der Waals surface area contributed by atoms with Crippen molar-refractivity contribution in [3.05, 3.63) is 107 Å². The van der Waals surface area contributed by atoms with Crippen LogP contribution in [-0.4, -0.2) is 34.8 Å². The summed E-state index contributed by atoms with van der Waals surface area (Å²) in [5.74, 6) is -0.798. The zero-order valence-corrected chi connectivity index (χ0v) is 17.9. The van der Waals surface area contributed by atoms with Gasteiger partial charge in [-0.1, -0.05) is 72.8 Å². The first kappa shape index (κ1) is 21.4. The number of ether oxygens (including phenoxy) is 1. The van der Waals surface area contributed by atoms with Crippen molar-refractivity contribution < 1.29 is 19.4 Å². The maximum absolute atomic E-state index is 13.1. The molecule has 3 aromatic rings. The van der Waals surface area contributed by atoms with Gasteiger partial charge in [-0.3, -0.25) is 9.59 Å². The van der Waals surface area contributed by atoms with E-state index in [1.165, 1.54) is 0 Å². The SMILES string of the molecule is CCOc1cccc(C2C(=C(O)c3ccccc3)C(=O)C(=O)N2CCc2ccccc2)c1. The van der Waals surface area contributed by atoms with Crippen molar-refractivity contribution >= 4 is 17.4 Å². The van der Waals surface area contributed by atoms with E-state index in [0.717, 1.165) is 11.1 Å². The highest BCUT2D eigenvalue weighted by Gasteiger charge is 2.45. The Morgan fingerprint density at radius 2 is 1.62 bits per heavy atom. The number of Topliss-reactive ketones (excluding diaryl/α,β-unsaturated/α-hetero) is 1. The Hall–Kier alpha value is -3.86. The Bertz CT molecular complexity index is 1140. The number of rotatable bonds is 7. The van der Waals surface area contributed by atoms with Gasteiger partial charge < -0.3 is 14.7 Å². The van der Waals surface area contributed by atoms with Gasteiger partial charge in [0, 0.05) is 12.1 Å². The second-order valence-electron chi connectivity index (χ2n) is 7.60. The van der Waals surface area contributed by atoms with E-state index >= 15 is 0 Å². The first-order valence-corrected chi connectivity index (χ1v) is 10.7. The molecule has 1 aliphatic heterocycles. The molecule has 0 saturated carbocycles. The fourth-order valence-electron chi connectivity index (χ4n) is 4.04. The molecule has 5 nitrogen and oxygen atoms in total. The molecule has 1 fully saturated rings. The van der Waals surface area contributed by atoms with Gasteiger partial charge in [0.15, 0.2) is 0 Å². The minimum absolute atomic E-state index is 0.0999. The number of nitrogens with zero attached hydrogens (tertiary/aromatic N) is 1. The number of ketones is 1. The number of carbonyl (C=O) groups is 2. The van der Waals surface area contributed by atoms with Crippen LogP contribution in [0.25, 0.3) is 5.76 Å². The molecule has 0 aliphatic carbocycles. The quantitative estimate of drug-likeness (QED) is 0.336. The largest absolute Gasteiger partial charge is 0.507 e. The van der Waals surface area contributed by atoms with Gasteiger partial charge in [-0.25, -0.2) is 0 Å². The standard InChI is InChI=1S/C27H25NO4/c1-2-32-22-15-9-14-21(18-22)24-23(25(29)20-12-7-4-8-13-20)26(30)27(31)28(24)17-16-19-10-5-3-6-11-19/h3-15,18,24,29H,2,16-17H2,1H3. The molecule has 1 atom stereocenters. The first-order valence-electron chi connectivity index (χ1n) is 10.7. The lowest BCUT2D eigenvalue weighted by Gasteiger charge is -2.25. The third-order valence-electron chi connectivity index (χ3n) is 5.56. The van der Waals surface area contributed by atoms with E-state index in [1.54, 1.807) is 29.2 Å². The lowest BCUT2D eigenvalue weighted by Crippen LogP contribution is -2.31. The van der Waals surface area contributed by atoms with Gasteiger partial charge in [-0.15, -0.1) is 0 Å². The second kappa shape index (κ2) is 9.52. The first-order chi connectivity index (χ1) is 15.6. The zero-order valence-electron chi connectivity index (χ0n) is 17.9. The molecule has 1 unspecified atom stereocenters. The Balaban J connectivity index is 1.79. The fraction of sp³-hybridized carbons (Fsp3) is 0.185. The van der Waals surface area contributed by atoms with Gasteiger partial charge in [-0.05, 0) is 36.6 Å².